The van der Waals surface area contributed by atoms with Crippen molar-refractivity contribution in [3.05, 3.63) is 59.3 Å². The van der Waals surface area contributed by atoms with Crippen LogP contribution in [0.3, 0.4) is 0 Å². The molecule has 3 amide bonds. The zero-order valence-electron chi connectivity index (χ0n) is 21.3. The summed E-state index contributed by atoms with van der Waals surface area (Å²) in [6.45, 7) is 3.78. The first-order valence-corrected chi connectivity index (χ1v) is 12.9. The summed E-state index contributed by atoms with van der Waals surface area (Å²) in [7, 11) is 1.36. The second-order valence-corrected chi connectivity index (χ2v) is 10.0. The van der Waals surface area contributed by atoms with Crippen LogP contribution in [0.5, 0.6) is 0 Å². The fraction of sp³-hybridized carbons (Fsp3) is 0.429. The highest BCUT2D eigenvalue weighted by molar-refractivity contribution is 5.91. The van der Waals surface area contributed by atoms with Gasteiger partial charge in [0.1, 0.15) is 0 Å². The average Bonchev–Trinajstić information content (AvgIpc) is 3.31. The highest BCUT2D eigenvalue weighted by Gasteiger charge is 2.33. The van der Waals surface area contributed by atoms with Gasteiger partial charge in [0.25, 0.3) is 0 Å². The average molecular weight is 504 g/mol. The first-order chi connectivity index (χ1) is 17.9. The molecular formula is C28H33N5O4. The summed E-state index contributed by atoms with van der Waals surface area (Å²) in [6.07, 6.45) is 4.52. The van der Waals surface area contributed by atoms with Gasteiger partial charge in [-0.05, 0) is 61.4 Å². The Balaban J connectivity index is 1.19. The van der Waals surface area contributed by atoms with Crippen molar-refractivity contribution in [3.63, 3.8) is 0 Å². The molecule has 37 heavy (non-hydrogen) atoms. The van der Waals surface area contributed by atoms with E-state index < -0.39 is 5.92 Å². The number of ether oxygens (including phenoxy) is 1. The van der Waals surface area contributed by atoms with Crippen molar-refractivity contribution in [2.24, 2.45) is 5.92 Å². The Bertz CT molecular complexity index is 1310. The number of urea groups is 1. The molecule has 0 saturated carbocycles. The van der Waals surface area contributed by atoms with Gasteiger partial charge in [0.15, 0.2) is 0 Å². The van der Waals surface area contributed by atoms with E-state index in [4.69, 9.17) is 4.74 Å². The second kappa shape index (κ2) is 10.6. The molecule has 0 aliphatic carbocycles. The molecule has 2 aliphatic heterocycles. The van der Waals surface area contributed by atoms with Crippen LogP contribution in [0.4, 0.5) is 10.5 Å². The van der Waals surface area contributed by atoms with Crippen LogP contribution in [0.25, 0.3) is 10.9 Å². The molecule has 9 nitrogen and oxygen atoms in total. The predicted octanol–water partition coefficient (Wildman–Crippen LogP) is 3.67. The minimum absolute atomic E-state index is 0.0531. The third-order valence-electron chi connectivity index (χ3n) is 7.64. The lowest BCUT2D eigenvalue weighted by Crippen LogP contribution is -2.50. The number of methoxy groups -OCH3 is 1. The molecule has 2 aliphatic rings. The van der Waals surface area contributed by atoms with Crippen molar-refractivity contribution >= 4 is 34.5 Å². The maximum atomic E-state index is 13.2. The van der Waals surface area contributed by atoms with Crippen LogP contribution < -0.4 is 5.32 Å². The van der Waals surface area contributed by atoms with Gasteiger partial charge in [-0.25, -0.2) is 4.79 Å². The monoisotopic (exact) mass is 503 g/mol. The van der Waals surface area contributed by atoms with E-state index >= 15 is 0 Å². The molecule has 194 valence electrons. The number of rotatable bonds is 6. The summed E-state index contributed by atoms with van der Waals surface area (Å²) in [5.74, 6) is -0.995. The maximum Gasteiger partial charge on any atom is 0.322 e. The fourth-order valence-corrected chi connectivity index (χ4v) is 5.63. The lowest BCUT2D eigenvalue weighted by atomic mass is 9.93. The van der Waals surface area contributed by atoms with Gasteiger partial charge in [-0.1, -0.05) is 24.3 Å². The number of para-hydroxylation sites is 1. The number of likely N-dealkylation sites (tertiary alicyclic amines) is 1. The molecule has 1 atom stereocenters. The largest absolute Gasteiger partial charge is 0.469 e. The third-order valence-corrected chi connectivity index (χ3v) is 7.64. The lowest BCUT2D eigenvalue weighted by molar-refractivity contribution is -0.149. The number of piperidine rings is 1. The molecule has 1 fully saturated rings. The SMILES string of the molecule is COC(=O)C(CC(=O)N1CCC(N2CCc3ccccc3NC2=O)CC1)Cc1cc(C)c2[nH]ncc2c1. The molecular weight excluding hydrogens is 470 g/mol. The Morgan fingerprint density at radius 3 is 2.73 bits per heavy atom. The van der Waals surface area contributed by atoms with E-state index in [2.05, 4.69) is 15.5 Å². The number of carbonyl (C=O) groups is 3. The summed E-state index contributed by atoms with van der Waals surface area (Å²) in [6, 6.07) is 11.9. The Labute approximate surface area is 216 Å². The molecule has 2 N–H and O–H groups in total. The van der Waals surface area contributed by atoms with Crippen molar-refractivity contribution in [2.75, 3.05) is 32.1 Å². The van der Waals surface area contributed by atoms with Crippen LogP contribution >= 0.6 is 0 Å². The first kappa shape index (κ1) is 24.8. The molecule has 1 saturated heterocycles. The Hall–Kier alpha value is -3.88. The molecule has 3 aromatic rings. The summed E-state index contributed by atoms with van der Waals surface area (Å²) in [5, 5.41) is 11.1. The number of fused-ring (bicyclic) bond motifs is 2. The summed E-state index contributed by atoms with van der Waals surface area (Å²) >= 11 is 0. The van der Waals surface area contributed by atoms with Crippen LogP contribution in [-0.2, 0) is 27.2 Å². The molecule has 5 rings (SSSR count). The molecule has 3 heterocycles. The number of benzene rings is 2. The number of aryl methyl sites for hydroxylation is 1. The highest BCUT2D eigenvalue weighted by atomic mass is 16.5. The molecule has 1 unspecified atom stereocenters. The van der Waals surface area contributed by atoms with Gasteiger partial charge < -0.3 is 19.9 Å². The molecule has 2 aromatic carbocycles. The molecule has 0 spiro atoms. The minimum atomic E-state index is -0.561. The Kier molecular flexibility index (Phi) is 7.12. The van der Waals surface area contributed by atoms with E-state index in [0.29, 0.717) is 26.1 Å². The van der Waals surface area contributed by atoms with Crippen LogP contribution in [0.15, 0.2) is 42.6 Å². The smallest absolute Gasteiger partial charge is 0.322 e. The van der Waals surface area contributed by atoms with Crippen molar-refractivity contribution in [1.82, 2.24) is 20.0 Å². The zero-order valence-corrected chi connectivity index (χ0v) is 21.3. The molecule has 0 bridgehead atoms. The third kappa shape index (κ3) is 5.30. The number of nitrogens with zero attached hydrogens (tertiary/aromatic N) is 3. The summed E-state index contributed by atoms with van der Waals surface area (Å²) in [5.41, 5.74) is 5.00. The van der Waals surface area contributed by atoms with Gasteiger partial charge in [0, 0.05) is 43.2 Å². The van der Waals surface area contributed by atoms with Gasteiger partial charge in [0.2, 0.25) is 5.91 Å². The van der Waals surface area contributed by atoms with Gasteiger partial charge in [-0.3, -0.25) is 14.7 Å². The number of aromatic nitrogens is 2. The highest BCUT2D eigenvalue weighted by Crippen LogP contribution is 2.26. The Morgan fingerprint density at radius 2 is 1.95 bits per heavy atom. The van der Waals surface area contributed by atoms with Crippen molar-refractivity contribution in [2.45, 2.75) is 45.1 Å². The van der Waals surface area contributed by atoms with Crippen molar-refractivity contribution in [1.29, 1.82) is 0 Å². The maximum absolute atomic E-state index is 13.2. The number of hydrogen-bond acceptors (Lipinski definition) is 5. The van der Waals surface area contributed by atoms with E-state index in [1.165, 1.54) is 7.11 Å². The van der Waals surface area contributed by atoms with E-state index in [1.807, 2.05) is 53.1 Å². The van der Waals surface area contributed by atoms with E-state index in [1.54, 1.807) is 6.20 Å². The minimum Gasteiger partial charge on any atom is -0.469 e. The first-order valence-electron chi connectivity index (χ1n) is 12.9. The Morgan fingerprint density at radius 1 is 1.16 bits per heavy atom. The summed E-state index contributed by atoms with van der Waals surface area (Å²) < 4.78 is 5.04. The molecule has 9 heteroatoms. The fourth-order valence-electron chi connectivity index (χ4n) is 5.63. The van der Waals surface area contributed by atoms with E-state index in [9.17, 15) is 14.4 Å². The normalized spacial score (nSPS) is 17.2. The quantitative estimate of drug-likeness (QED) is 0.499. The number of hydrogen-bond donors (Lipinski definition) is 2. The van der Waals surface area contributed by atoms with E-state index in [0.717, 1.165) is 52.5 Å². The predicted molar refractivity (Wildman–Crippen MR) is 140 cm³/mol. The van der Waals surface area contributed by atoms with Crippen LogP contribution in [-0.4, -0.2) is 70.7 Å². The second-order valence-electron chi connectivity index (χ2n) is 10.0. The topological polar surface area (TPSA) is 108 Å². The van der Waals surface area contributed by atoms with Gasteiger partial charge in [-0.2, -0.15) is 5.10 Å². The number of aromatic amines is 1. The summed E-state index contributed by atoms with van der Waals surface area (Å²) in [4.78, 5) is 42.4. The van der Waals surface area contributed by atoms with Crippen molar-refractivity contribution in [3.8, 4) is 0 Å². The van der Waals surface area contributed by atoms with Crippen LogP contribution in [0.1, 0.15) is 36.0 Å². The van der Waals surface area contributed by atoms with Gasteiger partial charge in [-0.15, -0.1) is 0 Å². The van der Waals surface area contributed by atoms with Crippen molar-refractivity contribution < 1.29 is 19.1 Å². The number of amides is 3. The van der Waals surface area contributed by atoms with Crippen LogP contribution in [0.2, 0.25) is 0 Å². The number of esters is 1. The number of carbonyl (C=O) groups excluding carboxylic acids is 3. The van der Waals surface area contributed by atoms with Gasteiger partial charge >= 0.3 is 12.0 Å². The lowest BCUT2D eigenvalue weighted by Gasteiger charge is -2.38. The number of nitrogens with one attached hydrogen (secondary N) is 2. The van der Waals surface area contributed by atoms with E-state index in [-0.39, 0.29) is 30.4 Å². The standard InChI is InChI=1S/C28H33N5O4/c1-18-13-19(15-22-17-29-31-26(18)22)14-21(27(35)37-2)16-25(34)32-10-8-23(9-11-32)33-12-7-20-5-3-4-6-24(20)30-28(33)36/h3-6,13,15,17,21,23H,7-12,14,16H2,1-2H3,(H,29,31)(H,30,36). The molecule has 1 aromatic heterocycles. The number of H-pyrrole nitrogens is 1. The zero-order chi connectivity index (χ0) is 25.9. The van der Waals surface area contributed by atoms with Gasteiger partial charge in [0.05, 0.1) is 24.7 Å². The molecule has 0 radical (unpaired) electrons. The number of anilines is 1. The van der Waals surface area contributed by atoms with Crippen LogP contribution in [0, 0.1) is 12.8 Å².